The van der Waals surface area contributed by atoms with Gasteiger partial charge in [0.2, 0.25) is 5.95 Å². The van der Waals surface area contributed by atoms with E-state index in [0.717, 1.165) is 60.9 Å². The average molecular weight is 898 g/mol. The first-order chi connectivity index (χ1) is 34.2. The van der Waals surface area contributed by atoms with E-state index < -0.39 is 0 Å². The molecule has 0 aliphatic heterocycles. The second kappa shape index (κ2) is 15.8. The normalized spacial score (nSPS) is 11.8. The maximum atomic E-state index is 5.53. The molecule has 0 atom stereocenters. The van der Waals surface area contributed by atoms with Crippen molar-refractivity contribution >= 4 is 75.1 Å². The Morgan fingerprint density at radius 3 is 1.26 bits per heavy atom. The van der Waals surface area contributed by atoms with Crippen molar-refractivity contribution in [3.8, 4) is 67.8 Å². The van der Waals surface area contributed by atoms with Crippen molar-refractivity contribution in [1.29, 1.82) is 0 Å². The minimum absolute atomic E-state index is 0.564. The number of hydrogen-bond acceptors (Lipinski definition) is 4. The summed E-state index contributed by atoms with van der Waals surface area (Å²) < 4.78 is 7.18. The number of hydrogen-bond donors (Lipinski definition) is 0. The summed E-state index contributed by atoms with van der Waals surface area (Å²) in [4.78, 5) is 16.5. The maximum Gasteiger partial charge on any atom is 0.238 e. The van der Waals surface area contributed by atoms with Crippen LogP contribution in [0.5, 0.6) is 0 Å². The molecule has 0 saturated heterocycles. The van der Waals surface area contributed by atoms with E-state index in [0.29, 0.717) is 17.6 Å². The van der Waals surface area contributed by atoms with Gasteiger partial charge in [0.25, 0.3) is 0 Å². The monoisotopic (exact) mass is 897 g/mol. The minimum Gasteiger partial charge on any atom is -0.308 e. The summed E-state index contributed by atoms with van der Waals surface area (Å²) in [5.74, 6) is 1.78. The van der Waals surface area contributed by atoms with Crippen LogP contribution in [0.1, 0.15) is 0 Å². The summed E-state index contributed by atoms with van der Waals surface area (Å²) in [6.45, 7) is 0. The van der Waals surface area contributed by atoms with Gasteiger partial charge in [0, 0.05) is 49.1 Å². The highest BCUT2D eigenvalue weighted by atomic mass is 32.1. The number of para-hydroxylation sites is 2. The molecule has 69 heavy (non-hydrogen) atoms. The van der Waals surface area contributed by atoms with Crippen molar-refractivity contribution in [1.82, 2.24) is 24.1 Å². The molecule has 0 aliphatic rings. The predicted molar refractivity (Wildman–Crippen MR) is 289 cm³/mol. The van der Waals surface area contributed by atoms with Gasteiger partial charge in [-0.05, 0) is 57.6 Å². The molecule has 6 heteroatoms. The zero-order valence-corrected chi connectivity index (χ0v) is 38.0. The SMILES string of the molecule is c1ccc(-c2cccc(-n3c4ccccc4c4ccc5c6ccc7c8ccccc8n(-c8nc(-c9ccccc9-c9ccccc9)nc(-c9ccccc9-c9ccccc9)n8)c7c6sc5c43)c2)cc1. The molecule has 4 heterocycles. The summed E-state index contributed by atoms with van der Waals surface area (Å²) in [6, 6.07) is 84.2. The van der Waals surface area contributed by atoms with Crippen molar-refractivity contribution in [3.05, 3.63) is 237 Å². The van der Waals surface area contributed by atoms with Crippen LogP contribution in [-0.2, 0) is 0 Å². The first-order valence-electron chi connectivity index (χ1n) is 23.3. The van der Waals surface area contributed by atoms with Gasteiger partial charge in [0.05, 0.1) is 31.5 Å². The fraction of sp³-hybridized carbons (Fsp3) is 0. The van der Waals surface area contributed by atoms with Crippen molar-refractivity contribution in [3.63, 3.8) is 0 Å². The largest absolute Gasteiger partial charge is 0.308 e. The molecule has 5 nitrogen and oxygen atoms in total. The molecule has 0 radical (unpaired) electrons. The molecule has 0 N–H and O–H groups in total. The lowest BCUT2D eigenvalue weighted by molar-refractivity contribution is 0.956. The van der Waals surface area contributed by atoms with Crippen molar-refractivity contribution in [2.45, 2.75) is 0 Å². The molecule has 0 unspecified atom stereocenters. The van der Waals surface area contributed by atoms with E-state index in [9.17, 15) is 0 Å². The van der Waals surface area contributed by atoms with Crippen LogP contribution in [0.25, 0.3) is 132 Å². The summed E-state index contributed by atoms with van der Waals surface area (Å²) in [5, 5.41) is 7.16. The lowest BCUT2D eigenvalue weighted by atomic mass is 9.98. The van der Waals surface area contributed by atoms with Crippen molar-refractivity contribution in [2.75, 3.05) is 0 Å². The number of thiophene rings is 1. The standard InChI is InChI=1S/C63H39N5S/c1-4-19-40(20-5-1)43-25-18-26-44(39-43)67-55-33-16-14-29-47(55)49-35-37-51-52-38-36-50-48-30-15-17-34-56(48)68(58(50)60(52)69-59(51)57(49)67)63-65-61(53-31-12-10-27-45(53)41-21-6-2-7-22-41)64-62(66-63)54-32-13-11-28-46(54)42-23-8-3-9-24-42/h1-39H. The maximum absolute atomic E-state index is 5.53. The van der Waals surface area contributed by atoms with Gasteiger partial charge >= 0.3 is 0 Å². The zero-order valence-electron chi connectivity index (χ0n) is 37.2. The van der Waals surface area contributed by atoms with Crippen LogP contribution in [0.2, 0.25) is 0 Å². The third kappa shape index (κ3) is 6.27. The highest BCUT2D eigenvalue weighted by Crippen LogP contribution is 2.47. The van der Waals surface area contributed by atoms with Gasteiger partial charge in [0.15, 0.2) is 11.6 Å². The summed E-state index contributed by atoms with van der Waals surface area (Å²) >= 11 is 1.86. The Kier molecular flexibility index (Phi) is 9.00. The minimum atomic E-state index is 0.564. The van der Waals surface area contributed by atoms with Gasteiger partial charge in [0.1, 0.15) is 0 Å². The Bertz CT molecular complexity index is 4200. The molecule has 14 aromatic rings. The van der Waals surface area contributed by atoms with Crippen molar-refractivity contribution < 1.29 is 0 Å². The van der Waals surface area contributed by atoms with Crippen LogP contribution in [0.4, 0.5) is 0 Å². The quantitative estimate of drug-likeness (QED) is 0.160. The third-order valence-corrected chi connectivity index (χ3v) is 14.9. The Morgan fingerprint density at radius 1 is 0.290 bits per heavy atom. The molecule has 0 amide bonds. The smallest absolute Gasteiger partial charge is 0.238 e. The van der Waals surface area contributed by atoms with Crippen LogP contribution in [0.15, 0.2) is 237 Å². The molecule has 0 bridgehead atoms. The van der Waals surface area contributed by atoms with Gasteiger partial charge in [-0.3, -0.25) is 4.57 Å². The topological polar surface area (TPSA) is 48.5 Å². The molecule has 0 saturated carbocycles. The van der Waals surface area contributed by atoms with Crippen LogP contribution < -0.4 is 0 Å². The zero-order chi connectivity index (χ0) is 45.4. The molecule has 322 valence electrons. The number of benzene rings is 10. The molecule has 10 aromatic carbocycles. The van der Waals surface area contributed by atoms with Crippen LogP contribution in [0.3, 0.4) is 0 Å². The molecular formula is C63H39N5S. The molecule has 14 rings (SSSR count). The van der Waals surface area contributed by atoms with Crippen LogP contribution in [-0.4, -0.2) is 24.1 Å². The number of nitrogens with zero attached hydrogens (tertiary/aromatic N) is 5. The van der Waals surface area contributed by atoms with Gasteiger partial charge in [-0.15, -0.1) is 11.3 Å². The average Bonchev–Trinajstić information content (AvgIpc) is 4.10. The summed E-state index contributed by atoms with van der Waals surface area (Å²) in [5.41, 5.74) is 14.2. The summed E-state index contributed by atoms with van der Waals surface area (Å²) in [7, 11) is 0. The highest BCUT2D eigenvalue weighted by Gasteiger charge is 2.25. The molecule has 0 aliphatic carbocycles. The second-order valence-electron chi connectivity index (χ2n) is 17.5. The Morgan fingerprint density at radius 2 is 0.710 bits per heavy atom. The fourth-order valence-electron chi connectivity index (χ4n) is 10.5. The molecular weight excluding hydrogens is 859 g/mol. The van der Waals surface area contributed by atoms with E-state index in [2.05, 4.69) is 246 Å². The number of aromatic nitrogens is 5. The highest BCUT2D eigenvalue weighted by molar-refractivity contribution is 7.27. The van der Waals surface area contributed by atoms with Crippen LogP contribution >= 0.6 is 11.3 Å². The Balaban J connectivity index is 1.08. The number of fused-ring (bicyclic) bond motifs is 11. The van der Waals surface area contributed by atoms with E-state index in [1.165, 1.54) is 53.1 Å². The first kappa shape index (κ1) is 39.2. The van der Waals surface area contributed by atoms with Crippen molar-refractivity contribution in [2.24, 2.45) is 0 Å². The third-order valence-electron chi connectivity index (χ3n) is 13.6. The Hall–Kier alpha value is -8.97. The Labute approximate surface area is 401 Å². The number of rotatable bonds is 7. The first-order valence-corrected chi connectivity index (χ1v) is 24.1. The van der Waals surface area contributed by atoms with E-state index >= 15 is 0 Å². The van der Waals surface area contributed by atoms with Crippen LogP contribution in [0, 0.1) is 0 Å². The lowest BCUT2D eigenvalue weighted by Crippen LogP contribution is -2.07. The van der Waals surface area contributed by atoms with Gasteiger partial charge < -0.3 is 4.57 Å². The second-order valence-corrected chi connectivity index (χ2v) is 18.5. The van der Waals surface area contributed by atoms with E-state index in [1.54, 1.807) is 0 Å². The van der Waals surface area contributed by atoms with E-state index in [1.807, 2.05) is 11.3 Å². The molecule has 0 spiro atoms. The van der Waals surface area contributed by atoms with E-state index in [4.69, 9.17) is 15.0 Å². The molecule has 4 aromatic heterocycles. The summed E-state index contributed by atoms with van der Waals surface area (Å²) in [6.07, 6.45) is 0. The van der Waals surface area contributed by atoms with E-state index in [-0.39, 0.29) is 0 Å². The van der Waals surface area contributed by atoms with Gasteiger partial charge in [-0.25, -0.2) is 4.98 Å². The fourth-order valence-corrected chi connectivity index (χ4v) is 11.9. The van der Waals surface area contributed by atoms with Gasteiger partial charge in [-0.2, -0.15) is 9.97 Å². The predicted octanol–water partition coefficient (Wildman–Crippen LogP) is 16.8. The lowest BCUT2D eigenvalue weighted by Gasteiger charge is -2.15. The molecule has 0 fully saturated rings. The van der Waals surface area contributed by atoms with Gasteiger partial charge in [-0.1, -0.05) is 212 Å².